The summed E-state index contributed by atoms with van der Waals surface area (Å²) in [5.41, 5.74) is 1.53. The van der Waals surface area contributed by atoms with Crippen LogP contribution < -0.4 is 5.63 Å². The molecule has 0 saturated carbocycles. The van der Waals surface area contributed by atoms with Crippen molar-refractivity contribution in [2.45, 2.75) is 52.1 Å². The highest BCUT2D eigenvalue weighted by Gasteiger charge is 2.32. The molecule has 0 amide bonds. The summed E-state index contributed by atoms with van der Waals surface area (Å²) in [6.45, 7) is 7.63. The molecule has 0 saturated heterocycles. The van der Waals surface area contributed by atoms with E-state index in [9.17, 15) is 23.1 Å². The van der Waals surface area contributed by atoms with Crippen LogP contribution in [0.3, 0.4) is 0 Å². The van der Waals surface area contributed by atoms with E-state index in [2.05, 4.69) is 30.9 Å². The molecule has 206 valence electrons. The van der Waals surface area contributed by atoms with Crippen molar-refractivity contribution in [3.8, 4) is 16.9 Å². The van der Waals surface area contributed by atoms with Crippen molar-refractivity contribution in [2.24, 2.45) is 0 Å². The van der Waals surface area contributed by atoms with Gasteiger partial charge in [0.05, 0.1) is 11.1 Å². The van der Waals surface area contributed by atoms with Crippen LogP contribution in [-0.2, 0) is 19.0 Å². The number of benzene rings is 3. The van der Waals surface area contributed by atoms with Gasteiger partial charge in [-0.05, 0) is 86.3 Å². The predicted molar refractivity (Wildman–Crippen MR) is 149 cm³/mol. The number of hydrogen-bond acceptors (Lipinski definition) is 4. The van der Waals surface area contributed by atoms with Gasteiger partial charge in [-0.1, -0.05) is 62.7 Å². The van der Waals surface area contributed by atoms with Crippen molar-refractivity contribution in [1.29, 1.82) is 0 Å². The quantitative estimate of drug-likeness (QED) is 0.198. The van der Waals surface area contributed by atoms with E-state index in [1.54, 1.807) is 12.1 Å². The largest absolute Gasteiger partial charge is 0.507 e. The zero-order valence-corrected chi connectivity index (χ0v) is 22.4. The molecule has 4 rings (SSSR count). The second kappa shape index (κ2) is 12.5. The van der Waals surface area contributed by atoms with E-state index >= 15 is 0 Å². The van der Waals surface area contributed by atoms with Crippen molar-refractivity contribution < 1.29 is 22.7 Å². The minimum absolute atomic E-state index is 0.0117. The van der Waals surface area contributed by atoms with Gasteiger partial charge in [0.15, 0.2) is 0 Å². The number of aryl methyl sites for hydroxylation is 1. The van der Waals surface area contributed by atoms with Crippen LogP contribution >= 0.6 is 0 Å². The van der Waals surface area contributed by atoms with Crippen LogP contribution in [0, 0.1) is 0 Å². The summed E-state index contributed by atoms with van der Waals surface area (Å²) < 4.78 is 45.0. The summed E-state index contributed by atoms with van der Waals surface area (Å²) in [6.07, 6.45) is 0.171. The van der Waals surface area contributed by atoms with Gasteiger partial charge in [0.2, 0.25) is 0 Å². The first-order valence-corrected chi connectivity index (χ1v) is 13.5. The van der Waals surface area contributed by atoms with Crippen LogP contribution in [0.5, 0.6) is 5.75 Å². The zero-order valence-electron chi connectivity index (χ0n) is 22.4. The number of para-hydroxylation sites is 1. The first kappa shape index (κ1) is 28.4. The number of alkyl halides is 3. The molecule has 0 spiro atoms. The Morgan fingerprint density at radius 2 is 1.59 bits per heavy atom. The van der Waals surface area contributed by atoms with Crippen molar-refractivity contribution >= 4 is 11.0 Å². The second-order valence-electron chi connectivity index (χ2n) is 9.85. The number of halogens is 3. The summed E-state index contributed by atoms with van der Waals surface area (Å²) in [6, 6.07) is 17.9. The SMILES string of the molecule is CCCCN(CC)CCCc1ccc(Cc2c(-c3ccc(C(F)(F)F)cc3O)c(=O)oc3ccccc23)cc1. The molecule has 1 heterocycles. The first-order chi connectivity index (χ1) is 18.7. The first-order valence-electron chi connectivity index (χ1n) is 13.5. The van der Waals surface area contributed by atoms with Gasteiger partial charge < -0.3 is 14.4 Å². The van der Waals surface area contributed by atoms with Crippen LogP contribution in [0.4, 0.5) is 13.2 Å². The second-order valence-corrected chi connectivity index (χ2v) is 9.85. The van der Waals surface area contributed by atoms with Crippen molar-refractivity contribution in [3.05, 3.63) is 99.4 Å². The van der Waals surface area contributed by atoms with E-state index in [-0.39, 0.29) is 11.1 Å². The van der Waals surface area contributed by atoms with E-state index in [1.165, 1.54) is 18.4 Å². The molecule has 0 aliphatic carbocycles. The minimum atomic E-state index is -4.61. The molecule has 4 aromatic rings. The normalized spacial score (nSPS) is 11.9. The van der Waals surface area contributed by atoms with Gasteiger partial charge >= 0.3 is 11.8 Å². The molecular formula is C32H34F3NO3. The van der Waals surface area contributed by atoms with Crippen molar-refractivity contribution in [1.82, 2.24) is 4.90 Å². The number of unbranched alkanes of at least 4 members (excludes halogenated alkanes) is 1. The zero-order chi connectivity index (χ0) is 28.0. The monoisotopic (exact) mass is 537 g/mol. The van der Waals surface area contributed by atoms with Crippen LogP contribution in [0.1, 0.15) is 55.4 Å². The number of nitrogens with zero attached hydrogens (tertiary/aromatic N) is 1. The van der Waals surface area contributed by atoms with Crippen LogP contribution in [0.2, 0.25) is 0 Å². The molecule has 0 radical (unpaired) electrons. The molecule has 0 atom stereocenters. The van der Waals surface area contributed by atoms with Gasteiger partial charge in [0.1, 0.15) is 11.3 Å². The number of aromatic hydroxyl groups is 1. The van der Waals surface area contributed by atoms with Crippen LogP contribution in [0.15, 0.2) is 75.9 Å². The lowest BCUT2D eigenvalue weighted by atomic mass is 9.92. The average Bonchev–Trinajstić information content (AvgIpc) is 2.91. The Kier molecular flexibility index (Phi) is 9.12. The highest BCUT2D eigenvalue weighted by Crippen LogP contribution is 2.38. The fourth-order valence-electron chi connectivity index (χ4n) is 4.93. The van der Waals surface area contributed by atoms with E-state index < -0.39 is 23.1 Å². The lowest BCUT2D eigenvalue weighted by Gasteiger charge is -2.19. The third-order valence-electron chi connectivity index (χ3n) is 7.13. The minimum Gasteiger partial charge on any atom is -0.507 e. The van der Waals surface area contributed by atoms with Gasteiger partial charge in [0.25, 0.3) is 0 Å². The summed E-state index contributed by atoms with van der Waals surface area (Å²) in [4.78, 5) is 15.6. The molecule has 0 aliphatic rings. The third-order valence-corrected chi connectivity index (χ3v) is 7.13. The lowest BCUT2D eigenvalue weighted by Crippen LogP contribution is -2.25. The number of hydrogen-bond donors (Lipinski definition) is 1. The number of phenols is 1. The molecule has 4 nitrogen and oxygen atoms in total. The van der Waals surface area contributed by atoms with E-state index in [0.717, 1.165) is 50.2 Å². The number of phenolic OH excluding ortho intramolecular Hbond substituents is 1. The Morgan fingerprint density at radius 3 is 2.26 bits per heavy atom. The Bertz CT molecular complexity index is 1460. The van der Waals surface area contributed by atoms with Gasteiger partial charge in [-0.25, -0.2) is 4.79 Å². The topological polar surface area (TPSA) is 53.7 Å². The van der Waals surface area contributed by atoms with E-state index in [1.807, 2.05) is 24.3 Å². The summed E-state index contributed by atoms with van der Waals surface area (Å²) in [7, 11) is 0. The van der Waals surface area contributed by atoms with E-state index in [0.29, 0.717) is 29.0 Å². The maximum Gasteiger partial charge on any atom is 0.416 e. The van der Waals surface area contributed by atoms with Gasteiger partial charge in [-0.2, -0.15) is 13.2 Å². The smallest absolute Gasteiger partial charge is 0.416 e. The number of fused-ring (bicyclic) bond motifs is 1. The molecular weight excluding hydrogens is 503 g/mol. The molecule has 39 heavy (non-hydrogen) atoms. The van der Waals surface area contributed by atoms with Crippen molar-refractivity contribution in [2.75, 3.05) is 19.6 Å². The Morgan fingerprint density at radius 1 is 0.897 bits per heavy atom. The van der Waals surface area contributed by atoms with Crippen LogP contribution in [-0.4, -0.2) is 29.6 Å². The molecule has 0 bridgehead atoms. The Labute approximate surface area is 226 Å². The molecule has 1 aromatic heterocycles. The van der Waals surface area contributed by atoms with E-state index in [4.69, 9.17) is 4.42 Å². The van der Waals surface area contributed by atoms with Gasteiger partial charge in [-0.15, -0.1) is 0 Å². The molecule has 0 fully saturated rings. The van der Waals surface area contributed by atoms with Gasteiger partial charge in [-0.3, -0.25) is 0 Å². The standard InChI is InChI=1S/C32H34F3NO3/c1-3-5-18-36(4-2)19-8-9-22-12-14-23(15-13-22)20-27-25-10-6-7-11-29(25)39-31(38)30(27)26-17-16-24(21-28(26)37)32(33,34)35/h6-7,10-17,21,37H,3-5,8-9,18-20H2,1-2H3. The molecule has 7 heteroatoms. The average molecular weight is 538 g/mol. The van der Waals surface area contributed by atoms with Gasteiger partial charge in [0, 0.05) is 10.9 Å². The number of rotatable bonds is 11. The molecule has 0 unspecified atom stereocenters. The maximum absolute atomic E-state index is 13.2. The van der Waals surface area contributed by atoms with Crippen molar-refractivity contribution in [3.63, 3.8) is 0 Å². The summed E-state index contributed by atoms with van der Waals surface area (Å²) in [5, 5.41) is 11.2. The molecule has 3 aromatic carbocycles. The van der Waals surface area contributed by atoms with Crippen LogP contribution in [0.25, 0.3) is 22.1 Å². The highest BCUT2D eigenvalue weighted by atomic mass is 19.4. The Hall–Kier alpha value is -3.58. The summed E-state index contributed by atoms with van der Waals surface area (Å²) >= 11 is 0. The lowest BCUT2D eigenvalue weighted by molar-refractivity contribution is -0.137. The summed E-state index contributed by atoms with van der Waals surface area (Å²) in [5.74, 6) is -0.621. The highest BCUT2D eigenvalue weighted by molar-refractivity contribution is 5.88. The molecule has 1 N–H and O–H groups in total. The fourth-order valence-corrected chi connectivity index (χ4v) is 4.93. The fraction of sp³-hybridized carbons (Fsp3) is 0.344. The molecule has 0 aliphatic heterocycles. The predicted octanol–water partition coefficient (Wildman–Crippen LogP) is 7.83. The Balaban J connectivity index is 1.62. The maximum atomic E-state index is 13.2. The third kappa shape index (κ3) is 6.90.